The second-order valence-corrected chi connectivity index (χ2v) is 8.92. The van der Waals surface area contributed by atoms with Crippen LogP contribution in [0.5, 0.6) is 0 Å². The first-order chi connectivity index (χ1) is 10.8. The van der Waals surface area contributed by atoms with E-state index < -0.39 is 30.0 Å². The number of carbonyl (C=O) groups excluding carboxylic acids is 1. The van der Waals surface area contributed by atoms with Gasteiger partial charge in [-0.05, 0) is 0 Å². The summed E-state index contributed by atoms with van der Waals surface area (Å²) in [4.78, 5) is 11.9. The molecule has 1 atom stereocenters. The Morgan fingerprint density at radius 3 is 2.43 bits per heavy atom. The fourth-order valence-electron chi connectivity index (χ4n) is 1.85. The molecule has 0 spiro atoms. The van der Waals surface area contributed by atoms with E-state index in [-0.39, 0.29) is 16.7 Å². The van der Waals surface area contributed by atoms with Crippen molar-refractivity contribution < 1.29 is 37.1 Å². The molecule has 0 saturated carbocycles. The normalized spacial score (nSPS) is 18.3. The minimum absolute atomic E-state index is 0.00961. The molecule has 1 heterocycles. The second kappa shape index (κ2) is 7.48. The third-order valence-electron chi connectivity index (χ3n) is 2.76. The maximum atomic E-state index is 11.9. The Balaban J connectivity index is 2.51. The quantitative estimate of drug-likeness (QED) is 0.429. The van der Waals surface area contributed by atoms with Crippen LogP contribution < -0.4 is 19.7 Å². The van der Waals surface area contributed by atoms with Crippen LogP contribution >= 0.6 is 0 Å². The Hall–Kier alpha value is -1.35. The summed E-state index contributed by atoms with van der Waals surface area (Å²) >= 11 is -2.89. The van der Waals surface area contributed by atoms with Gasteiger partial charge >= 0.3 is 139 Å². The molecule has 1 aliphatic rings. The molecule has 0 radical (unpaired) electrons. The number of esters is 1. The Labute approximate surface area is 139 Å². The number of allylic oxidation sites excluding steroid dienone is 2. The van der Waals surface area contributed by atoms with Crippen LogP contribution in [0.1, 0.15) is 12.5 Å². The summed E-state index contributed by atoms with van der Waals surface area (Å²) in [5.41, 5.74) is 6.59. The van der Waals surface area contributed by atoms with Crippen molar-refractivity contribution in [3.8, 4) is 0 Å². The summed E-state index contributed by atoms with van der Waals surface area (Å²) in [5.74, 6) is -0.689. The first-order valence-electron chi connectivity index (χ1n) is 6.46. The topological polar surface area (TPSA) is 131 Å². The van der Waals surface area contributed by atoms with Gasteiger partial charge in [-0.25, -0.2) is 0 Å². The first kappa shape index (κ1) is 18.0. The number of halogens is 1. The van der Waals surface area contributed by atoms with E-state index >= 15 is 0 Å². The van der Waals surface area contributed by atoms with Gasteiger partial charge in [0.1, 0.15) is 0 Å². The van der Waals surface area contributed by atoms with Crippen LogP contribution in [0, 0.1) is 10.2 Å². The number of hydrogen-bond donors (Lipinski definition) is 1. The predicted molar refractivity (Wildman–Crippen MR) is 75.2 cm³/mol. The van der Waals surface area contributed by atoms with Crippen molar-refractivity contribution in [3.05, 3.63) is 53.6 Å². The van der Waals surface area contributed by atoms with Gasteiger partial charge in [0, 0.05) is 0 Å². The molecular weight excluding hydrogens is 393 g/mol. The molecule has 0 amide bonds. The number of nitrogens with two attached hydrogens (primary N) is 1. The summed E-state index contributed by atoms with van der Waals surface area (Å²) in [5, 5.41) is 0. The van der Waals surface area contributed by atoms with Gasteiger partial charge in [-0.2, -0.15) is 0 Å². The maximum absolute atomic E-state index is 11.9. The van der Waals surface area contributed by atoms with E-state index in [4.69, 9.17) is 10.5 Å². The fourth-order valence-corrected chi connectivity index (χ4v) is 6.34. The van der Waals surface area contributed by atoms with Crippen molar-refractivity contribution in [2.24, 2.45) is 5.73 Å². The molecule has 0 bridgehead atoms. The molecule has 1 aliphatic heterocycles. The number of hydrogen-bond acceptors (Lipinski definition) is 7. The SMILES string of the molecule is CCOC(=O)C1=CC=C(c2ccccc2)[Se](O[Cl+3]([O-])([O-])[O-])=C1N. The molecule has 7 nitrogen and oxygen atoms in total. The van der Waals surface area contributed by atoms with Crippen molar-refractivity contribution in [2.75, 3.05) is 6.61 Å². The Bertz CT molecular complexity index is 693. The molecule has 9 heteroatoms. The van der Waals surface area contributed by atoms with Crippen LogP contribution in [0.3, 0.4) is 0 Å². The van der Waals surface area contributed by atoms with Crippen molar-refractivity contribution >= 4 is 28.8 Å². The summed E-state index contributed by atoms with van der Waals surface area (Å²) in [7, 11) is -4.68. The van der Waals surface area contributed by atoms with Gasteiger partial charge in [0.2, 0.25) is 0 Å². The average molecular weight is 407 g/mol. The van der Waals surface area contributed by atoms with Crippen LogP contribution in [0.2, 0.25) is 0 Å². The summed E-state index contributed by atoms with van der Waals surface area (Å²) in [6.45, 7) is 1.77. The van der Waals surface area contributed by atoms with Crippen LogP contribution in [-0.2, 0) is 12.9 Å². The molecule has 0 fully saturated rings. The molecule has 124 valence electrons. The Kier molecular flexibility index (Phi) is 5.85. The number of benzene rings is 1. The molecule has 1 aromatic rings. The van der Waals surface area contributed by atoms with Crippen LogP contribution in [0.15, 0.2) is 48.1 Å². The monoisotopic (exact) mass is 407 g/mol. The van der Waals surface area contributed by atoms with E-state index in [9.17, 15) is 18.8 Å². The molecule has 0 aliphatic carbocycles. The number of ether oxygens (including phenoxy) is 1. The van der Waals surface area contributed by atoms with E-state index in [0.29, 0.717) is 10.0 Å². The second-order valence-electron chi connectivity index (χ2n) is 4.27. The van der Waals surface area contributed by atoms with Gasteiger partial charge in [0.15, 0.2) is 0 Å². The number of rotatable bonds is 5. The molecule has 2 N–H and O–H groups in total. The third kappa shape index (κ3) is 4.57. The summed E-state index contributed by atoms with van der Waals surface area (Å²) in [6, 6.07) is 8.76. The van der Waals surface area contributed by atoms with Crippen LogP contribution in [0.25, 0.3) is 4.47 Å². The van der Waals surface area contributed by atoms with E-state index in [0.717, 1.165) is 0 Å². The van der Waals surface area contributed by atoms with Gasteiger partial charge in [0.05, 0.1) is 0 Å². The molecule has 23 heavy (non-hydrogen) atoms. The van der Waals surface area contributed by atoms with E-state index in [1.807, 2.05) is 0 Å². The molecule has 1 aromatic carbocycles. The van der Waals surface area contributed by atoms with E-state index in [2.05, 4.69) is 3.37 Å². The Morgan fingerprint density at radius 2 is 1.87 bits per heavy atom. The van der Waals surface area contributed by atoms with Crippen molar-refractivity contribution in [3.63, 3.8) is 0 Å². The van der Waals surface area contributed by atoms with Gasteiger partial charge in [-0.1, -0.05) is 0 Å². The number of carbonyl (C=O) groups is 1. The standard InChI is InChI=1S/C14H14ClNO6Se/c1-2-21-14(17)11-8-9-12(10-6-4-3-5-7-10)23(13(11)16)22-15(18,19)20/h3-9H,2,16H2,1H3. The van der Waals surface area contributed by atoms with Crippen LogP contribution in [-0.4, -0.2) is 30.9 Å². The van der Waals surface area contributed by atoms with E-state index in [1.54, 1.807) is 37.3 Å². The van der Waals surface area contributed by atoms with Gasteiger partial charge in [-0.3, -0.25) is 0 Å². The molecular formula is C14H14ClNO6Se. The zero-order valence-corrected chi connectivity index (χ0v) is 14.5. The van der Waals surface area contributed by atoms with E-state index in [1.165, 1.54) is 12.2 Å². The molecule has 0 saturated heterocycles. The van der Waals surface area contributed by atoms with Crippen molar-refractivity contribution in [1.82, 2.24) is 0 Å². The van der Waals surface area contributed by atoms with Crippen molar-refractivity contribution in [1.29, 1.82) is 0 Å². The molecule has 0 aromatic heterocycles. The fraction of sp³-hybridized carbons (Fsp3) is 0.143. The minimum atomic E-state index is -4.68. The first-order valence-corrected chi connectivity index (χ1v) is 10.1. The van der Waals surface area contributed by atoms with Gasteiger partial charge in [-0.15, -0.1) is 0 Å². The summed E-state index contributed by atoms with van der Waals surface area (Å²) < 4.78 is 43.0. The zero-order chi connectivity index (χ0) is 17.0. The third-order valence-corrected chi connectivity index (χ3v) is 7.72. The molecule has 1 unspecified atom stereocenters. The zero-order valence-electron chi connectivity index (χ0n) is 12.1. The Morgan fingerprint density at radius 1 is 1.22 bits per heavy atom. The summed E-state index contributed by atoms with van der Waals surface area (Å²) in [6.07, 6.45) is 2.97. The molecule has 2 rings (SSSR count). The van der Waals surface area contributed by atoms with Gasteiger partial charge in [0.25, 0.3) is 0 Å². The predicted octanol–water partition coefficient (Wildman–Crippen LogP) is -2.31. The van der Waals surface area contributed by atoms with Gasteiger partial charge < -0.3 is 0 Å². The van der Waals surface area contributed by atoms with Crippen LogP contribution in [0.4, 0.5) is 0 Å². The average Bonchev–Trinajstić information content (AvgIpc) is 2.49. The van der Waals surface area contributed by atoms with Crippen molar-refractivity contribution in [2.45, 2.75) is 6.92 Å².